The summed E-state index contributed by atoms with van der Waals surface area (Å²) in [5.74, 6) is 0.428. The average Bonchev–Trinajstić information content (AvgIpc) is 3.52. The van der Waals surface area contributed by atoms with Crippen molar-refractivity contribution >= 4 is 34.7 Å². The smallest absolute Gasteiger partial charge is 0.406 e. The number of nitrogens with one attached hydrogen (secondary N) is 2. The summed E-state index contributed by atoms with van der Waals surface area (Å²) in [6.45, 7) is 6.94. The zero-order chi connectivity index (χ0) is 31.8. The number of rotatable bonds is 8. The zero-order valence-electron chi connectivity index (χ0n) is 24.6. The number of carbonyl (C=O) groups excluding carboxylic acids is 1. The maximum absolute atomic E-state index is 12.8. The molecule has 45 heavy (non-hydrogen) atoms. The number of piperazine rings is 1. The van der Waals surface area contributed by atoms with Crippen LogP contribution in [0.4, 0.5) is 18.9 Å². The van der Waals surface area contributed by atoms with Crippen LogP contribution in [-0.2, 0) is 4.79 Å². The second-order valence-electron chi connectivity index (χ2n) is 10.1. The summed E-state index contributed by atoms with van der Waals surface area (Å²) in [5, 5.41) is 12.6. The molecule has 2 heterocycles. The molecule has 1 fully saturated rings. The fourth-order valence-corrected chi connectivity index (χ4v) is 5.23. The number of aliphatic imine (C=N–C) groups is 1. The van der Waals surface area contributed by atoms with Gasteiger partial charge in [-0.15, -0.1) is 18.3 Å². The van der Waals surface area contributed by atoms with E-state index in [9.17, 15) is 18.0 Å². The van der Waals surface area contributed by atoms with Crippen LogP contribution in [0.15, 0.2) is 83.2 Å². The first-order valence-corrected chi connectivity index (χ1v) is 15.1. The van der Waals surface area contributed by atoms with Crippen LogP contribution in [0.2, 0.25) is 0 Å². The highest BCUT2D eigenvalue weighted by molar-refractivity contribution is 8.14. The van der Waals surface area contributed by atoms with Crippen molar-refractivity contribution in [3.05, 3.63) is 89.7 Å². The second-order valence-corrected chi connectivity index (χ2v) is 11.1. The Kier molecular flexibility index (Phi) is 10.1. The zero-order valence-corrected chi connectivity index (χ0v) is 25.4. The van der Waals surface area contributed by atoms with Crippen molar-refractivity contribution in [3.8, 4) is 22.8 Å². The summed E-state index contributed by atoms with van der Waals surface area (Å²) >= 11 is 1.31. The number of thioether (sulfide) groups is 1. The Hall–Kier alpha value is -4.69. The largest absolute Gasteiger partial charge is 0.573 e. The van der Waals surface area contributed by atoms with E-state index in [1.807, 2.05) is 61.2 Å². The van der Waals surface area contributed by atoms with Gasteiger partial charge >= 0.3 is 6.36 Å². The van der Waals surface area contributed by atoms with Crippen LogP contribution in [0.5, 0.6) is 5.75 Å². The summed E-state index contributed by atoms with van der Waals surface area (Å²) in [6, 6.07) is 18.7. The molecule has 0 unspecified atom stereocenters. The molecule has 3 aromatic carbocycles. The van der Waals surface area contributed by atoms with Crippen LogP contribution >= 0.6 is 11.8 Å². The van der Waals surface area contributed by atoms with E-state index in [4.69, 9.17) is 4.99 Å². The van der Waals surface area contributed by atoms with Gasteiger partial charge in [0.05, 0.1) is 23.3 Å². The molecule has 0 spiro atoms. The summed E-state index contributed by atoms with van der Waals surface area (Å²) in [7, 11) is 0. The molecule has 0 radical (unpaired) electrons. The number of aryl methyl sites for hydroxylation is 2. The Balaban J connectivity index is 1.24. The number of aromatic nitrogens is 3. The highest BCUT2D eigenvalue weighted by Crippen LogP contribution is 2.26. The van der Waals surface area contributed by atoms with E-state index in [1.54, 1.807) is 6.21 Å². The van der Waals surface area contributed by atoms with Crippen molar-refractivity contribution < 1.29 is 22.7 Å². The number of nitrogens with zero attached hydrogens (tertiary/aromatic N) is 6. The number of para-hydroxylation sites is 1. The number of alkyl halides is 3. The lowest BCUT2D eigenvalue weighted by molar-refractivity contribution is -0.274. The van der Waals surface area contributed by atoms with Crippen molar-refractivity contribution in [2.24, 2.45) is 10.1 Å². The molecule has 10 nitrogen and oxygen atoms in total. The Morgan fingerprint density at radius 2 is 1.73 bits per heavy atom. The Morgan fingerprint density at radius 1 is 1.04 bits per heavy atom. The van der Waals surface area contributed by atoms with Gasteiger partial charge in [0.2, 0.25) is 5.91 Å². The van der Waals surface area contributed by atoms with Crippen LogP contribution < -0.4 is 15.5 Å². The van der Waals surface area contributed by atoms with Crippen molar-refractivity contribution in [2.45, 2.75) is 20.2 Å². The van der Waals surface area contributed by atoms with E-state index in [1.165, 1.54) is 47.0 Å². The molecule has 0 aliphatic carbocycles. The lowest BCUT2D eigenvalue weighted by Crippen LogP contribution is -2.47. The van der Waals surface area contributed by atoms with E-state index in [-0.39, 0.29) is 17.4 Å². The van der Waals surface area contributed by atoms with Gasteiger partial charge in [0.15, 0.2) is 11.0 Å². The van der Waals surface area contributed by atoms with Gasteiger partial charge in [-0.25, -0.2) is 14.7 Å². The van der Waals surface area contributed by atoms with Gasteiger partial charge in [-0.05, 0) is 54.8 Å². The number of hydrazone groups is 1. The molecule has 4 aromatic rings. The molecule has 1 aliphatic heterocycles. The number of benzene rings is 3. The number of carbonyl (C=O) groups is 1. The SMILES string of the molecule is Cc1cccc(C)c1N=C(N/N=C\c1ccc(-c2ncn(-c3ccc(OC(F)(F)F)cc3)n2)cc1)SCC(=O)N1CCNCC1. The fourth-order valence-electron chi connectivity index (χ4n) is 4.51. The number of ether oxygens (including phenoxy) is 1. The maximum atomic E-state index is 12.8. The fraction of sp³-hybridized carbons (Fsp3) is 0.258. The minimum Gasteiger partial charge on any atom is -0.406 e. The topological polar surface area (TPSA) is 109 Å². The number of hydrogen-bond acceptors (Lipinski definition) is 8. The van der Waals surface area contributed by atoms with Gasteiger partial charge in [0.25, 0.3) is 0 Å². The van der Waals surface area contributed by atoms with Crippen LogP contribution in [0.25, 0.3) is 17.1 Å². The lowest BCUT2D eigenvalue weighted by atomic mass is 10.1. The molecule has 0 atom stereocenters. The highest BCUT2D eigenvalue weighted by Gasteiger charge is 2.31. The number of amidine groups is 1. The van der Waals surface area contributed by atoms with Gasteiger partial charge in [-0.3, -0.25) is 10.2 Å². The second kappa shape index (κ2) is 14.4. The Labute approximate surface area is 262 Å². The minimum absolute atomic E-state index is 0.0561. The predicted octanol–water partition coefficient (Wildman–Crippen LogP) is 5.23. The molecular formula is C31H31F3N8O2S. The standard InChI is InChI=1S/C31H31F3N8O2S/c1-21-4-3-5-22(2)28(21)38-30(45-19-27(43)41-16-14-35-15-17-41)39-37-18-23-6-8-24(9-7-23)29-36-20-42(40-29)25-10-12-26(13-11-25)44-31(32,33)34/h3-13,18,20,35H,14-17,19H2,1-2H3,(H,38,39)/b37-18-. The summed E-state index contributed by atoms with van der Waals surface area (Å²) in [5.41, 5.74) is 7.97. The van der Waals surface area contributed by atoms with Crippen molar-refractivity contribution in [3.63, 3.8) is 0 Å². The highest BCUT2D eigenvalue weighted by atomic mass is 32.2. The molecule has 1 aliphatic rings. The summed E-state index contributed by atoms with van der Waals surface area (Å²) < 4.78 is 42.7. The van der Waals surface area contributed by atoms with Crippen LogP contribution in [0.3, 0.4) is 0 Å². The molecule has 234 valence electrons. The average molecular weight is 637 g/mol. The summed E-state index contributed by atoms with van der Waals surface area (Å²) in [4.78, 5) is 23.8. The van der Waals surface area contributed by atoms with Gasteiger partial charge in [-0.1, -0.05) is 54.2 Å². The third-order valence-electron chi connectivity index (χ3n) is 6.82. The minimum atomic E-state index is -4.75. The third kappa shape index (κ3) is 8.92. The van der Waals surface area contributed by atoms with E-state index in [0.29, 0.717) is 29.8 Å². The predicted molar refractivity (Wildman–Crippen MR) is 169 cm³/mol. The maximum Gasteiger partial charge on any atom is 0.573 e. The van der Waals surface area contributed by atoms with Crippen molar-refractivity contribution in [2.75, 3.05) is 31.9 Å². The third-order valence-corrected chi connectivity index (χ3v) is 7.67. The van der Waals surface area contributed by atoms with Crippen molar-refractivity contribution in [1.29, 1.82) is 0 Å². The molecule has 0 bridgehead atoms. The van der Waals surface area contributed by atoms with Gasteiger partial charge in [0, 0.05) is 31.7 Å². The van der Waals surface area contributed by atoms with Crippen LogP contribution in [0, 0.1) is 13.8 Å². The molecular weight excluding hydrogens is 605 g/mol. The molecule has 14 heteroatoms. The van der Waals surface area contributed by atoms with Gasteiger partial charge in [-0.2, -0.15) is 5.10 Å². The monoisotopic (exact) mass is 636 g/mol. The first kappa shape index (κ1) is 31.7. The van der Waals surface area contributed by atoms with E-state index in [2.05, 4.69) is 30.7 Å². The first-order valence-electron chi connectivity index (χ1n) is 14.1. The van der Waals surface area contributed by atoms with Gasteiger partial charge in [0.1, 0.15) is 12.1 Å². The molecule has 1 saturated heterocycles. The number of halogens is 3. The molecule has 1 aromatic heterocycles. The van der Waals surface area contributed by atoms with Crippen LogP contribution in [-0.4, -0.2) is 75.2 Å². The number of hydrogen-bond donors (Lipinski definition) is 2. The molecule has 5 rings (SSSR count). The normalized spacial score (nSPS) is 14.2. The summed E-state index contributed by atoms with van der Waals surface area (Å²) in [6.07, 6.45) is -1.62. The molecule has 2 N–H and O–H groups in total. The number of amides is 1. The van der Waals surface area contributed by atoms with Crippen LogP contribution in [0.1, 0.15) is 16.7 Å². The quantitative estimate of drug-likeness (QED) is 0.155. The lowest BCUT2D eigenvalue weighted by Gasteiger charge is -2.27. The van der Waals surface area contributed by atoms with E-state index >= 15 is 0 Å². The molecule has 0 saturated carbocycles. The van der Waals surface area contributed by atoms with E-state index in [0.717, 1.165) is 41.0 Å². The van der Waals surface area contributed by atoms with Gasteiger partial charge < -0.3 is 15.0 Å². The van der Waals surface area contributed by atoms with E-state index < -0.39 is 6.36 Å². The molecule has 1 amide bonds. The Morgan fingerprint density at radius 3 is 2.40 bits per heavy atom. The first-order chi connectivity index (χ1) is 21.6. The Bertz CT molecular complexity index is 1650. The van der Waals surface area contributed by atoms with Crippen molar-refractivity contribution in [1.82, 2.24) is 30.4 Å².